The number of benzene rings is 1. The van der Waals surface area contributed by atoms with Crippen LogP contribution < -0.4 is 4.90 Å². The van der Waals surface area contributed by atoms with Crippen molar-refractivity contribution >= 4 is 19.4 Å². The van der Waals surface area contributed by atoms with Crippen LogP contribution in [-0.2, 0) is 0 Å². The van der Waals surface area contributed by atoms with Crippen molar-refractivity contribution in [2.75, 3.05) is 19.0 Å². The first-order valence-electron chi connectivity index (χ1n) is 4.66. The average Bonchev–Trinajstić information content (AvgIpc) is 2.13. The molecule has 0 aliphatic heterocycles. The first-order valence-corrected chi connectivity index (χ1v) is 6.41. The zero-order valence-electron chi connectivity index (χ0n) is 9.53. The number of nitrogens with zero attached hydrogens (tertiary/aromatic N) is 3. The third-order valence-corrected chi connectivity index (χ3v) is 2.34. The Balaban J connectivity index is 3.03. The van der Waals surface area contributed by atoms with Crippen molar-refractivity contribution in [1.29, 1.82) is 0 Å². The molecular formula is C9H12F4N3P. The molecule has 0 aliphatic carbocycles. The Hall–Kier alpha value is -1.23. The molecule has 0 aromatic heterocycles. The summed E-state index contributed by atoms with van der Waals surface area (Å²) in [5.41, 5.74) is 1.33. The van der Waals surface area contributed by atoms with Gasteiger partial charge in [0.1, 0.15) is 0 Å². The van der Waals surface area contributed by atoms with E-state index in [0.717, 1.165) is 5.69 Å². The number of anilines is 1. The normalized spacial score (nSPS) is 14.6. The summed E-state index contributed by atoms with van der Waals surface area (Å²) >= 11 is 0. The van der Waals surface area contributed by atoms with Crippen molar-refractivity contribution in [1.82, 2.24) is 0 Å². The van der Waals surface area contributed by atoms with Crippen LogP contribution in [0.4, 0.5) is 28.2 Å². The summed E-state index contributed by atoms with van der Waals surface area (Å²) in [6, 6.07) is 4.61. The number of halogens is 4. The third-order valence-electron chi connectivity index (χ3n) is 1.98. The van der Waals surface area contributed by atoms with Crippen molar-refractivity contribution in [3.05, 3.63) is 23.8 Å². The van der Waals surface area contributed by atoms with Gasteiger partial charge in [-0.15, -0.1) is 0 Å². The first-order chi connectivity index (χ1) is 7.55. The van der Waals surface area contributed by atoms with Gasteiger partial charge in [0.15, 0.2) is 0 Å². The van der Waals surface area contributed by atoms with E-state index in [1.165, 1.54) is 6.07 Å². The van der Waals surface area contributed by atoms with Crippen molar-refractivity contribution in [3.63, 3.8) is 0 Å². The molecule has 0 spiro atoms. The van der Waals surface area contributed by atoms with Gasteiger partial charge in [-0.2, -0.15) is 0 Å². The Labute approximate surface area is 96.6 Å². The molecule has 0 heterocycles. The molecular weight excluding hydrogens is 257 g/mol. The van der Waals surface area contributed by atoms with Gasteiger partial charge in [-0.25, -0.2) is 0 Å². The van der Waals surface area contributed by atoms with E-state index in [1.54, 1.807) is 38.1 Å². The molecule has 1 aromatic carbocycles. The van der Waals surface area contributed by atoms with E-state index in [1.807, 2.05) is 4.88 Å². The predicted octanol–water partition coefficient (Wildman–Crippen LogP) is 5.15. The number of hydrogen-bond donors (Lipinski definition) is 0. The van der Waals surface area contributed by atoms with E-state index >= 15 is 0 Å². The van der Waals surface area contributed by atoms with Crippen molar-refractivity contribution in [3.8, 4) is 0 Å². The number of rotatable bonds is 3. The summed E-state index contributed by atoms with van der Waals surface area (Å²) in [7, 11) is -4.31. The fourth-order valence-electron chi connectivity index (χ4n) is 1.15. The fourth-order valence-corrected chi connectivity index (χ4v) is 1.38. The standard InChI is InChI=1S/C9H12F4N3P/c1-7-6-8(16(2)3)4-5-9(7)14-15-17(10,11,12)13/h4-6H,1-3H3. The van der Waals surface area contributed by atoms with Gasteiger partial charge < -0.3 is 0 Å². The van der Waals surface area contributed by atoms with Crippen LogP contribution in [0.25, 0.3) is 0 Å². The fraction of sp³-hybridized carbons (Fsp3) is 0.333. The van der Waals surface area contributed by atoms with E-state index in [4.69, 9.17) is 0 Å². The Bertz CT molecular complexity index is 444. The summed E-state index contributed by atoms with van der Waals surface area (Å²) in [4.78, 5) is 3.66. The van der Waals surface area contributed by atoms with E-state index < -0.39 is 8.00 Å². The maximum absolute atomic E-state index is 12.0. The van der Waals surface area contributed by atoms with Crippen molar-refractivity contribution in [2.45, 2.75) is 6.92 Å². The van der Waals surface area contributed by atoms with Crippen LogP contribution in [0.2, 0.25) is 0 Å². The molecule has 3 nitrogen and oxygen atoms in total. The molecule has 17 heavy (non-hydrogen) atoms. The van der Waals surface area contributed by atoms with Gasteiger partial charge >= 0.3 is 95.8 Å². The van der Waals surface area contributed by atoms with Crippen LogP contribution in [0.1, 0.15) is 5.56 Å². The van der Waals surface area contributed by atoms with Crippen molar-refractivity contribution in [2.24, 2.45) is 10.00 Å². The second kappa shape index (κ2) is 4.22. The molecule has 1 aromatic rings. The maximum atomic E-state index is 12.0. The summed E-state index contributed by atoms with van der Waals surface area (Å²) in [5, 5.41) is 2.91. The molecule has 1 rings (SSSR count). The van der Waals surface area contributed by atoms with Gasteiger partial charge in [-0.1, -0.05) is 0 Å². The van der Waals surface area contributed by atoms with E-state index in [0.29, 0.717) is 5.56 Å². The molecule has 96 valence electrons. The van der Waals surface area contributed by atoms with Gasteiger partial charge in [-0.05, 0) is 0 Å². The molecule has 0 aliphatic rings. The van der Waals surface area contributed by atoms with Gasteiger partial charge in [0, 0.05) is 0 Å². The Morgan fingerprint density at radius 2 is 1.71 bits per heavy atom. The molecule has 0 N–H and O–H groups in total. The van der Waals surface area contributed by atoms with Crippen LogP contribution in [0.5, 0.6) is 0 Å². The van der Waals surface area contributed by atoms with Gasteiger partial charge in [0.05, 0.1) is 0 Å². The van der Waals surface area contributed by atoms with Gasteiger partial charge in [0.2, 0.25) is 0 Å². The second-order valence-corrected chi connectivity index (χ2v) is 5.29. The number of aryl methyl sites for hydroxylation is 1. The monoisotopic (exact) mass is 269 g/mol. The minimum absolute atomic E-state index is 0.00944. The van der Waals surface area contributed by atoms with E-state index in [2.05, 4.69) is 5.11 Å². The Morgan fingerprint density at radius 1 is 1.12 bits per heavy atom. The van der Waals surface area contributed by atoms with Gasteiger partial charge in [0.25, 0.3) is 0 Å². The molecule has 0 radical (unpaired) electrons. The van der Waals surface area contributed by atoms with Crippen molar-refractivity contribution < 1.29 is 16.8 Å². The molecule has 0 bridgehead atoms. The zero-order valence-corrected chi connectivity index (χ0v) is 10.4. The first kappa shape index (κ1) is 13.8. The molecule has 0 unspecified atom stereocenters. The summed E-state index contributed by atoms with van der Waals surface area (Å²) < 4.78 is 47.9. The van der Waals surface area contributed by atoms with E-state index in [-0.39, 0.29) is 5.69 Å². The molecule has 0 saturated carbocycles. The summed E-state index contributed by atoms with van der Waals surface area (Å²) in [6.45, 7) is 1.59. The topological polar surface area (TPSA) is 28.0 Å². The Morgan fingerprint density at radius 3 is 2.12 bits per heavy atom. The van der Waals surface area contributed by atoms with E-state index in [9.17, 15) is 16.8 Å². The minimum atomic E-state index is -7.91. The zero-order chi connectivity index (χ0) is 13.3. The van der Waals surface area contributed by atoms with Crippen LogP contribution in [-0.4, -0.2) is 14.1 Å². The summed E-state index contributed by atoms with van der Waals surface area (Å²) in [6.07, 6.45) is 0. The van der Waals surface area contributed by atoms with Crippen LogP contribution in [0, 0.1) is 6.92 Å². The van der Waals surface area contributed by atoms with Crippen LogP contribution in [0.15, 0.2) is 28.2 Å². The van der Waals surface area contributed by atoms with Crippen LogP contribution >= 0.6 is 8.00 Å². The Kier molecular flexibility index (Phi) is 3.43. The molecule has 8 heteroatoms. The quantitative estimate of drug-likeness (QED) is 0.423. The molecule has 0 saturated heterocycles. The van der Waals surface area contributed by atoms with Gasteiger partial charge in [-0.3, -0.25) is 0 Å². The SMILES string of the molecule is Cc1cc(N(C)C)ccc1N=NP(F)(F)(F)F. The van der Waals surface area contributed by atoms with Crippen LogP contribution in [0.3, 0.4) is 0 Å². The second-order valence-electron chi connectivity index (χ2n) is 3.74. The third kappa shape index (κ3) is 4.65. The summed E-state index contributed by atoms with van der Waals surface area (Å²) in [5.74, 6) is 0. The molecule has 0 atom stereocenters. The molecule has 0 fully saturated rings. The predicted molar refractivity (Wildman–Crippen MR) is 61.4 cm³/mol. The average molecular weight is 269 g/mol. The molecule has 0 amide bonds. The number of hydrogen-bond acceptors (Lipinski definition) is 3.